The zero-order valence-corrected chi connectivity index (χ0v) is 12.3. The predicted octanol–water partition coefficient (Wildman–Crippen LogP) is 1.21. The fraction of sp³-hybridized carbons (Fsp3) is 0.500. The lowest BCUT2D eigenvalue weighted by atomic mass is 10.1. The number of nitrogens with zero attached hydrogens (tertiary/aromatic N) is 1. The first-order chi connectivity index (χ1) is 8.27. The summed E-state index contributed by atoms with van der Waals surface area (Å²) < 4.78 is 32.3. The summed E-state index contributed by atoms with van der Waals surface area (Å²) in [6, 6.07) is 3.92. The fourth-order valence-corrected chi connectivity index (χ4v) is 2.36. The minimum absolute atomic E-state index is 0.214. The molecule has 0 bridgehead atoms. The zero-order chi connectivity index (χ0) is 13.9. The molecule has 5 nitrogen and oxygen atoms in total. The van der Waals surface area contributed by atoms with Crippen LogP contribution in [0.4, 0.5) is 0 Å². The average Bonchev–Trinajstić information content (AvgIpc) is 2.25. The maximum absolute atomic E-state index is 11.6. The molecule has 102 valence electrons. The third-order valence-corrected chi connectivity index (χ3v) is 4.10. The molecule has 18 heavy (non-hydrogen) atoms. The van der Waals surface area contributed by atoms with E-state index in [0.717, 1.165) is 26.7 Å². The topological polar surface area (TPSA) is 58.6 Å². The monoisotopic (exact) mass is 272 g/mol. The van der Waals surface area contributed by atoms with E-state index >= 15 is 0 Å². The molecule has 1 N–H and O–H groups in total. The summed E-state index contributed by atoms with van der Waals surface area (Å²) in [5.74, 6) is 0.724. The van der Waals surface area contributed by atoms with Crippen molar-refractivity contribution < 1.29 is 13.2 Å². The highest BCUT2D eigenvalue weighted by atomic mass is 32.2. The largest absolute Gasteiger partial charge is 0.496 e. The molecule has 0 aliphatic carbocycles. The molecular weight excluding hydrogens is 252 g/mol. The van der Waals surface area contributed by atoms with E-state index in [-0.39, 0.29) is 6.54 Å². The maximum atomic E-state index is 11.6. The molecular formula is C12H20N2O3S. The van der Waals surface area contributed by atoms with Crippen molar-refractivity contribution in [3.63, 3.8) is 0 Å². The second kappa shape index (κ2) is 5.69. The molecule has 1 rings (SSSR count). The van der Waals surface area contributed by atoms with Crippen molar-refractivity contribution in [3.05, 3.63) is 28.8 Å². The van der Waals surface area contributed by atoms with Gasteiger partial charge in [-0.05, 0) is 19.4 Å². The van der Waals surface area contributed by atoms with Crippen molar-refractivity contribution in [2.24, 2.45) is 0 Å². The Hall–Kier alpha value is -1.11. The van der Waals surface area contributed by atoms with Gasteiger partial charge in [0.05, 0.1) is 7.11 Å². The SMILES string of the molecule is COc1c(C)cc(C)cc1CNS(=O)(=O)N(C)C. The Morgan fingerprint density at radius 3 is 2.39 bits per heavy atom. The molecule has 0 unspecified atom stereocenters. The number of hydrogen-bond donors (Lipinski definition) is 1. The van der Waals surface area contributed by atoms with Crippen LogP contribution < -0.4 is 9.46 Å². The van der Waals surface area contributed by atoms with E-state index in [4.69, 9.17) is 4.74 Å². The van der Waals surface area contributed by atoms with Gasteiger partial charge in [0, 0.05) is 26.2 Å². The molecule has 0 saturated heterocycles. The number of methoxy groups -OCH3 is 1. The number of hydrogen-bond acceptors (Lipinski definition) is 3. The van der Waals surface area contributed by atoms with E-state index in [1.165, 1.54) is 14.1 Å². The first-order valence-electron chi connectivity index (χ1n) is 5.59. The Balaban J connectivity index is 2.98. The Bertz CT molecular complexity index is 524. The molecule has 0 amide bonds. The van der Waals surface area contributed by atoms with Gasteiger partial charge in [-0.25, -0.2) is 0 Å². The molecule has 0 heterocycles. The van der Waals surface area contributed by atoms with E-state index in [1.807, 2.05) is 26.0 Å². The molecule has 0 radical (unpaired) electrons. The quantitative estimate of drug-likeness (QED) is 0.876. The first kappa shape index (κ1) is 14.9. The van der Waals surface area contributed by atoms with Crippen molar-refractivity contribution in [1.82, 2.24) is 9.03 Å². The van der Waals surface area contributed by atoms with Gasteiger partial charge in [-0.2, -0.15) is 17.4 Å². The van der Waals surface area contributed by atoms with Crippen molar-refractivity contribution in [2.45, 2.75) is 20.4 Å². The van der Waals surface area contributed by atoms with E-state index in [9.17, 15) is 8.42 Å². The predicted molar refractivity (Wildman–Crippen MR) is 71.9 cm³/mol. The van der Waals surface area contributed by atoms with Crippen molar-refractivity contribution >= 4 is 10.2 Å². The third kappa shape index (κ3) is 3.44. The van der Waals surface area contributed by atoms with Crippen LogP contribution in [0.25, 0.3) is 0 Å². The third-order valence-electron chi connectivity index (χ3n) is 2.63. The smallest absolute Gasteiger partial charge is 0.279 e. The molecule has 0 fully saturated rings. The lowest BCUT2D eigenvalue weighted by molar-refractivity contribution is 0.405. The first-order valence-corrected chi connectivity index (χ1v) is 7.03. The number of rotatable bonds is 5. The van der Waals surface area contributed by atoms with Crippen LogP contribution in [0.2, 0.25) is 0 Å². The van der Waals surface area contributed by atoms with Crippen LogP contribution in [-0.2, 0) is 16.8 Å². The normalized spacial score (nSPS) is 11.9. The highest BCUT2D eigenvalue weighted by molar-refractivity contribution is 7.87. The van der Waals surface area contributed by atoms with Crippen molar-refractivity contribution in [2.75, 3.05) is 21.2 Å². The minimum Gasteiger partial charge on any atom is -0.496 e. The van der Waals surface area contributed by atoms with Gasteiger partial charge in [-0.1, -0.05) is 17.7 Å². The second-order valence-corrected chi connectivity index (χ2v) is 6.35. The second-order valence-electron chi connectivity index (χ2n) is 4.38. The van der Waals surface area contributed by atoms with Gasteiger partial charge in [0.2, 0.25) is 0 Å². The Labute approximate surface area is 109 Å². The summed E-state index contributed by atoms with van der Waals surface area (Å²) in [4.78, 5) is 0. The van der Waals surface area contributed by atoms with E-state index < -0.39 is 10.2 Å². The maximum Gasteiger partial charge on any atom is 0.279 e. The molecule has 1 aromatic rings. The fourth-order valence-electron chi connectivity index (χ4n) is 1.76. The van der Waals surface area contributed by atoms with E-state index in [0.29, 0.717) is 0 Å². The molecule has 0 spiro atoms. The van der Waals surface area contributed by atoms with Crippen LogP contribution in [0.5, 0.6) is 5.75 Å². The number of ether oxygens (including phenoxy) is 1. The summed E-state index contributed by atoms with van der Waals surface area (Å²) in [5.41, 5.74) is 2.91. The molecule has 0 aromatic heterocycles. The lowest BCUT2D eigenvalue weighted by Gasteiger charge is -2.16. The summed E-state index contributed by atoms with van der Waals surface area (Å²) in [7, 11) is 1.14. The molecule has 0 atom stereocenters. The molecule has 0 aliphatic rings. The van der Waals surface area contributed by atoms with Crippen LogP contribution in [0.1, 0.15) is 16.7 Å². The van der Waals surface area contributed by atoms with Crippen molar-refractivity contribution in [3.8, 4) is 5.75 Å². The van der Waals surface area contributed by atoms with Crippen molar-refractivity contribution in [1.29, 1.82) is 0 Å². The highest BCUT2D eigenvalue weighted by Gasteiger charge is 2.14. The molecule has 0 aliphatic heterocycles. The highest BCUT2D eigenvalue weighted by Crippen LogP contribution is 2.25. The van der Waals surface area contributed by atoms with Crippen LogP contribution in [0, 0.1) is 13.8 Å². The van der Waals surface area contributed by atoms with E-state index in [1.54, 1.807) is 7.11 Å². The summed E-state index contributed by atoms with van der Waals surface area (Å²) in [5, 5.41) is 0. The van der Waals surface area contributed by atoms with Gasteiger partial charge in [0.15, 0.2) is 0 Å². The molecule has 6 heteroatoms. The number of nitrogens with one attached hydrogen (secondary N) is 1. The van der Waals surface area contributed by atoms with Crippen LogP contribution in [0.15, 0.2) is 12.1 Å². The van der Waals surface area contributed by atoms with E-state index in [2.05, 4.69) is 4.72 Å². The zero-order valence-electron chi connectivity index (χ0n) is 11.4. The van der Waals surface area contributed by atoms with Crippen LogP contribution in [-0.4, -0.2) is 33.9 Å². The van der Waals surface area contributed by atoms with Gasteiger partial charge in [-0.15, -0.1) is 0 Å². The Kier molecular flexibility index (Phi) is 4.72. The van der Waals surface area contributed by atoms with Gasteiger partial charge < -0.3 is 4.74 Å². The summed E-state index contributed by atoms with van der Waals surface area (Å²) in [6.45, 7) is 4.12. The Morgan fingerprint density at radius 2 is 1.89 bits per heavy atom. The molecule has 1 aromatic carbocycles. The standard InChI is InChI=1S/C12H20N2O3S/c1-9-6-10(2)12(17-5)11(7-9)8-13-18(15,16)14(3)4/h6-7,13H,8H2,1-5H3. The van der Waals surface area contributed by atoms with Crippen LogP contribution >= 0.6 is 0 Å². The van der Waals surface area contributed by atoms with Gasteiger partial charge in [0.1, 0.15) is 5.75 Å². The summed E-state index contributed by atoms with van der Waals surface area (Å²) >= 11 is 0. The van der Waals surface area contributed by atoms with Crippen LogP contribution in [0.3, 0.4) is 0 Å². The lowest BCUT2D eigenvalue weighted by Crippen LogP contribution is -2.35. The average molecular weight is 272 g/mol. The van der Waals surface area contributed by atoms with Gasteiger partial charge in [0.25, 0.3) is 10.2 Å². The Morgan fingerprint density at radius 1 is 1.28 bits per heavy atom. The van der Waals surface area contributed by atoms with Gasteiger partial charge in [-0.3, -0.25) is 0 Å². The summed E-state index contributed by atoms with van der Waals surface area (Å²) in [6.07, 6.45) is 0. The number of benzene rings is 1. The molecule has 0 saturated carbocycles. The number of aryl methyl sites for hydroxylation is 2. The minimum atomic E-state index is -3.42. The van der Waals surface area contributed by atoms with Gasteiger partial charge >= 0.3 is 0 Å².